The number of piperazine rings is 1. The van der Waals surface area contributed by atoms with Crippen LogP contribution in [0.2, 0.25) is 0 Å². The first-order valence-electron chi connectivity index (χ1n) is 12.2. The third kappa shape index (κ3) is 5.33. The highest BCUT2D eigenvalue weighted by molar-refractivity contribution is 7.89. The van der Waals surface area contributed by atoms with E-state index in [1.54, 1.807) is 32.3 Å². The van der Waals surface area contributed by atoms with Crippen molar-refractivity contribution >= 4 is 21.8 Å². The molecule has 4 rings (SSSR count). The number of carbonyl (C=O) groups is 2. The Bertz CT molecular complexity index is 1110. The van der Waals surface area contributed by atoms with E-state index in [2.05, 4.69) is 6.92 Å². The van der Waals surface area contributed by atoms with E-state index in [1.807, 2.05) is 24.3 Å². The summed E-state index contributed by atoms with van der Waals surface area (Å²) in [6.07, 6.45) is 4.75. The first-order chi connectivity index (χ1) is 16.4. The van der Waals surface area contributed by atoms with Crippen molar-refractivity contribution in [3.8, 4) is 0 Å². The largest absolute Gasteiger partial charge is 0.335 e. The molecular formula is C26H33N3O4S. The average Bonchev–Trinajstić information content (AvgIpc) is 3.18. The second-order valence-electron chi connectivity index (χ2n) is 8.98. The van der Waals surface area contributed by atoms with Crippen molar-refractivity contribution in [2.24, 2.45) is 0 Å². The molecule has 0 unspecified atom stereocenters. The van der Waals surface area contributed by atoms with E-state index in [0.29, 0.717) is 50.4 Å². The molecule has 8 heteroatoms. The van der Waals surface area contributed by atoms with Crippen LogP contribution in [0.5, 0.6) is 0 Å². The summed E-state index contributed by atoms with van der Waals surface area (Å²) in [7, 11) is -3.62. The highest BCUT2D eigenvalue weighted by Crippen LogP contribution is 2.22. The Balaban J connectivity index is 1.40. The summed E-state index contributed by atoms with van der Waals surface area (Å²) >= 11 is 0. The van der Waals surface area contributed by atoms with E-state index in [4.69, 9.17) is 0 Å². The number of amides is 2. The molecule has 2 aliphatic heterocycles. The lowest BCUT2D eigenvalue weighted by Gasteiger charge is -2.35. The van der Waals surface area contributed by atoms with Gasteiger partial charge in [0.1, 0.15) is 0 Å². The third-order valence-corrected chi connectivity index (χ3v) is 8.64. The van der Waals surface area contributed by atoms with Crippen LogP contribution in [-0.4, -0.2) is 73.6 Å². The Morgan fingerprint density at radius 1 is 0.735 bits per heavy atom. The number of nitrogens with zero attached hydrogens (tertiary/aromatic N) is 3. The fraction of sp³-hybridized carbons (Fsp3) is 0.462. The summed E-state index contributed by atoms with van der Waals surface area (Å²) in [5, 5.41) is 0. The average molecular weight is 484 g/mol. The van der Waals surface area contributed by atoms with E-state index in [-0.39, 0.29) is 16.7 Å². The maximum atomic E-state index is 13.1. The van der Waals surface area contributed by atoms with Gasteiger partial charge in [-0.05, 0) is 55.2 Å². The van der Waals surface area contributed by atoms with Crippen LogP contribution >= 0.6 is 0 Å². The molecule has 2 fully saturated rings. The maximum Gasteiger partial charge on any atom is 0.254 e. The lowest BCUT2D eigenvalue weighted by molar-refractivity contribution is 0.0535. The van der Waals surface area contributed by atoms with Crippen LogP contribution in [0.15, 0.2) is 53.4 Å². The Morgan fingerprint density at radius 3 is 1.85 bits per heavy atom. The van der Waals surface area contributed by atoms with Gasteiger partial charge in [0, 0.05) is 50.4 Å². The highest BCUT2D eigenvalue weighted by atomic mass is 32.2. The molecule has 2 saturated heterocycles. The molecule has 0 spiro atoms. The molecule has 0 atom stereocenters. The summed E-state index contributed by atoms with van der Waals surface area (Å²) in [6, 6.07) is 14.0. The summed E-state index contributed by atoms with van der Waals surface area (Å²) < 4.78 is 27.8. The van der Waals surface area contributed by atoms with Gasteiger partial charge in [-0.15, -0.1) is 0 Å². The fourth-order valence-electron chi connectivity index (χ4n) is 4.58. The zero-order chi connectivity index (χ0) is 24.1. The van der Waals surface area contributed by atoms with Crippen molar-refractivity contribution < 1.29 is 18.0 Å². The molecule has 2 aromatic rings. The van der Waals surface area contributed by atoms with Crippen LogP contribution < -0.4 is 0 Å². The van der Waals surface area contributed by atoms with Gasteiger partial charge < -0.3 is 9.80 Å². The molecule has 182 valence electrons. The number of rotatable bonds is 5. The Kier molecular flexibility index (Phi) is 7.68. The SMILES string of the molecule is CCc1ccc(C(=O)N2CCN(C(=O)c3cccc(S(=O)(=O)N4CCCCCC4)c3)CC2)cc1. The smallest absolute Gasteiger partial charge is 0.254 e. The molecule has 0 radical (unpaired) electrons. The van der Waals surface area contributed by atoms with E-state index in [9.17, 15) is 18.0 Å². The summed E-state index contributed by atoms with van der Waals surface area (Å²) in [5.74, 6) is -0.229. The van der Waals surface area contributed by atoms with E-state index < -0.39 is 10.0 Å². The van der Waals surface area contributed by atoms with Crippen LogP contribution in [0, 0.1) is 0 Å². The molecule has 0 saturated carbocycles. The van der Waals surface area contributed by atoms with Crippen molar-refractivity contribution in [3.05, 3.63) is 65.2 Å². The standard InChI is InChI=1S/C26H33N3O4S/c1-2-21-10-12-22(13-11-21)25(30)27-16-18-28(19-17-27)26(31)23-8-7-9-24(20-23)34(32,33)29-14-5-3-4-6-15-29/h7-13,20H,2-6,14-19H2,1H3. The second-order valence-corrected chi connectivity index (χ2v) is 10.9. The summed E-state index contributed by atoms with van der Waals surface area (Å²) in [6.45, 7) is 4.86. The predicted octanol–water partition coefficient (Wildman–Crippen LogP) is 3.41. The molecule has 0 aliphatic carbocycles. The van der Waals surface area contributed by atoms with Gasteiger partial charge in [0.05, 0.1) is 4.90 Å². The van der Waals surface area contributed by atoms with Crippen molar-refractivity contribution in [1.82, 2.24) is 14.1 Å². The topological polar surface area (TPSA) is 78.0 Å². The minimum Gasteiger partial charge on any atom is -0.335 e. The first-order valence-corrected chi connectivity index (χ1v) is 13.6. The number of sulfonamides is 1. The number of carbonyl (C=O) groups excluding carboxylic acids is 2. The van der Waals surface area contributed by atoms with Gasteiger partial charge in [0.25, 0.3) is 11.8 Å². The maximum absolute atomic E-state index is 13.1. The van der Waals surface area contributed by atoms with Crippen molar-refractivity contribution in [2.75, 3.05) is 39.3 Å². The number of hydrogen-bond donors (Lipinski definition) is 0. The van der Waals surface area contributed by atoms with E-state index in [1.165, 1.54) is 11.6 Å². The molecule has 0 bridgehead atoms. The molecule has 2 heterocycles. The molecule has 0 aromatic heterocycles. The van der Waals surface area contributed by atoms with Gasteiger partial charge in [-0.3, -0.25) is 9.59 Å². The quantitative estimate of drug-likeness (QED) is 0.653. The van der Waals surface area contributed by atoms with Gasteiger partial charge in [0.15, 0.2) is 0 Å². The van der Waals surface area contributed by atoms with Crippen LogP contribution in [0.25, 0.3) is 0 Å². The van der Waals surface area contributed by atoms with Crippen molar-refractivity contribution in [3.63, 3.8) is 0 Å². The minimum absolute atomic E-state index is 0.0275. The predicted molar refractivity (Wildman–Crippen MR) is 131 cm³/mol. The van der Waals surface area contributed by atoms with Gasteiger partial charge in [-0.2, -0.15) is 4.31 Å². The molecule has 34 heavy (non-hydrogen) atoms. The lowest BCUT2D eigenvalue weighted by atomic mass is 10.1. The van der Waals surface area contributed by atoms with E-state index in [0.717, 1.165) is 32.1 Å². The number of benzene rings is 2. The van der Waals surface area contributed by atoms with Crippen LogP contribution in [-0.2, 0) is 16.4 Å². The van der Waals surface area contributed by atoms with Crippen LogP contribution in [0.1, 0.15) is 58.9 Å². The Morgan fingerprint density at radius 2 is 1.29 bits per heavy atom. The van der Waals surface area contributed by atoms with E-state index >= 15 is 0 Å². The fourth-order valence-corrected chi connectivity index (χ4v) is 6.14. The van der Waals surface area contributed by atoms with Gasteiger partial charge in [-0.1, -0.05) is 38.0 Å². The van der Waals surface area contributed by atoms with Crippen molar-refractivity contribution in [1.29, 1.82) is 0 Å². The minimum atomic E-state index is -3.62. The Hall–Kier alpha value is -2.71. The second kappa shape index (κ2) is 10.7. The molecule has 2 aliphatic rings. The van der Waals surface area contributed by atoms with Gasteiger partial charge >= 0.3 is 0 Å². The van der Waals surface area contributed by atoms with Crippen LogP contribution in [0.4, 0.5) is 0 Å². The molecule has 2 aromatic carbocycles. The Labute approximate surface area is 202 Å². The zero-order valence-corrected chi connectivity index (χ0v) is 20.6. The summed E-state index contributed by atoms with van der Waals surface area (Å²) in [4.78, 5) is 29.6. The van der Waals surface area contributed by atoms with Gasteiger partial charge in [0.2, 0.25) is 10.0 Å². The molecular weight excluding hydrogens is 450 g/mol. The van der Waals surface area contributed by atoms with Crippen LogP contribution in [0.3, 0.4) is 0 Å². The first kappa shape index (κ1) is 24.4. The number of aryl methyl sites for hydroxylation is 1. The van der Waals surface area contributed by atoms with Gasteiger partial charge in [-0.25, -0.2) is 8.42 Å². The lowest BCUT2D eigenvalue weighted by Crippen LogP contribution is -2.50. The zero-order valence-electron chi connectivity index (χ0n) is 19.8. The highest BCUT2D eigenvalue weighted by Gasteiger charge is 2.28. The van der Waals surface area contributed by atoms with Crippen molar-refractivity contribution in [2.45, 2.75) is 43.9 Å². The third-order valence-electron chi connectivity index (χ3n) is 6.75. The summed E-state index contributed by atoms with van der Waals surface area (Å²) in [5.41, 5.74) is 2.21. The molecule has 7 nitrogen and oxygen atoms in total. The molecule has 2 amide bonds. The number of hydrogen-bond acceptors (Lipinski definition) is 4. The normalized spacial score (nSPS) is 17.9. The monoisotopic (exact) mass is 483 g/mol. The molecule has 0 N–H and O–H groups in total.